The molecule has 55 heavy (non-hydrogen) atoms. The molecule has 0 heterocycles. The van der Waals surface area contributed by atoms with Crippen molar-refractivity contribution in [2.45, 2.75) is 97.3 Å². The average Bonchev–Trinajstić information content (AvgIpc) is 3.19. The molecule has 0 bridgehead atoms. The van der Waals surface area contributed by atoms with Gasteiger partial charge in [-0.15, -0.1) is 0 Å². The molecule has 3 aromatic carbocycles. The summed E-state index contributed by atoms with van der Waals surface area (Å²) < 4.78 is 27.6. The molecule has 10 heteroatoms. The molecular formula is C45H62O10. The van der Waals surface area contributed by atoms with Gasteiger partial charge in [0.2, 0.25) is 0 Å². The van der Waals surface area contributed by atoms with E-state index in [9.17, 15) is 24.9 Å². The van der Waals surface area contributed by atoms with Gasteiger partial charge in [-0.1, -0.05) is 89.8 Å². The molecule has 0 spiro atoms. The van der Waals surface area contributed by atoms with E-state index < -0.39 is 5.97 Å². The van der Waals surface area contributed by atoms with Crippen LogP contribution in [0.3, 0.4) is 0 Å². The second-order valence-corrected chi connectivity index (χ2v) is 14.4. The first-order valence-electron chi connectivity index (χ1n) is 19.7. The Morgan fingerprint density at radius 1 is 0.636 bits per heavy atom. The van der Waals surface area contributed by atoms with Gasteiger partial charge in [0.15, 0.2) is 34.5 Å². The molecule has 0 saturated carbocycles. The first-order valence-corrected chi connectivity index (χ1v) is 19.7. The van der Waals surface area contributed by atoms with E-state index in [1.54, 1.807) is 54.6 Å². The van der Waals surface area contributed by atoms with Crippen LogP contribution in [0.4, 0.5) is 0 Å². The lowest BCUT2D eigenvalue weighted by Crippen LogP contribution is -2.30. The van der Waals surface area contributed by atoms with Gasteiger partial charge in [-0.25, -0.2) is 4.79 Å². The predicted molar refractivity (Wildman–Crippen MR) is 215 cm³/mol. The van der Waals surface area contributed by atoms with Crippen molar-refractivity contribution >= 4 is 18.0 Å². The fraction of sp³-hybridized carbons (Fsp3) is 0.511. The lowest BCUT2D eigenvalue weighted by Gasteiger charge is -2.27. The van der Waals surface area contributed by atoms with E-state index in [1.807, 2.05) is 0 Å². The third kappa shape index (κ3) is 16.2. The number of hydrogen-bond acceptors (Lipinski definition) is 10. The minimum Gasteiger partial charge on any atom is -0.504 e. The Labute approximate surface area is 327 Å². The summed E-state index contributed by atoms with van der Waals surface area (Å²) in [6, 6.07) is 14.9. The van der Waals surface area contributed by atoms with Crippen molar-refractivity contribution in [1.82, 2.24) is 0 Å². The fourth-order valence-electron chi connectivity index (χ4n) is 6.53. The second-order valence-electron chi connectivity index (χ2n) is 14.4. The molecule has 3 aromatic rings. The maximum Gasteiger partial charge on any atom is 0.330 e. The van der Waals surface area contributed by atoms with Crippen LogP contribution in [0, 0.1) is 17.8 Å². The number of ether oxygens (including phenoxy) is 5. The van der Waals surface area contributed by atoms with Crippen molar-refractivity contribution in [2.24, 2.45) is 17.8 Å². The lowest BCUT2D eigenvalue weighted by atomic mass is 9.83. The van der Waals surface area contributed by atoms with Crippen LogP contribution in [0.25, 0.3) is 6.08 Å². The predicted octanol–water partition coefficient (Wildman–Crippen LogP) is 9.59. The van der Waals surface area contributed by atoms with Gasteiger partial charge in [0.05, 0.1) is 34.5 Å². The Hall–Kier alpha value is -4.86. The lowest BCUT2D eigenvalue weighted by molar-refractivity contribution is -0.147. The number of carbonyl (C=O) groups excluding carboxylic acids is 2. The number of hydrogen-bond donors (Lipinski definition) is 3. The average molecular weight is 763 g/mol. The highest BCUT2D eigenvalue weighted by molar-refractivity contribution is 5.87. The number of esters is 2. The van der Waals surface area contributed by atoms with Gasteiger partial charge < -0.3 is 39.0 Å². The summed E-state index contributed by atoms with van der Waals surface area (Å²) in [5, 5.41) is 30.4. The Morgan fingerprint density at radius 3 is 1.64 bits per heavy atom. The van der Waals surface area contributed by atoms with Crippen molar-refractivity contribution in [3.63, 3.8) is 0 Å². The van der Waals surface area contributed by atoms with Gasteiger partial charge in [0.25, 0.3) is 0 Å². The van der Waals surface area contributed by atoms with Crippen molar-refractivity contribution in [2.75, 3.05) is 34.5 Å². The van der Waals surface area contributed by atoms with Crippen molar-refractivity contribution in [3.8, 4) is 34.5 Å². The maximum absolute atomic E-state index is 13.0. The molecule has 10 nitrogen and oxygen atoms in total. The number of carbonyl (C=O) groups is 2. The Kier molecular flexibility index (Phi) is 19.9. The molecule has 0 radical (unpaired) electrons. The van der Waals surface area contributed by atoms with Crippen LogP contribution in [0.5, 0.6) is 34.5 Å². The molecule has 0 aromatic heterocycles. The third-order valence-corrected chi connectivity index (χ3v) is 10.2. The zero-order valence-corrected chi connectivity index (χ0v) is 33.4. The number of rotatable bonds is 26. The van der Waals surface area contributed by atoms with E-state index in [0.29, 0.717) is 36.3 Å². The highest BCUT2D eigenvalue weighted by Crippen LogP contribution is 2.32. The number of methoxy groups -OCH3 is 3. The molecule has 0 saturated heterocycles. The van der Waals surface area contributed by atoms with E-state index in [1.165, 1.54) is 78.4 Å². The molecule has 0 fully saturated rings. The van der Waals surface area contributed by atoms with Gasteiger partial charge in [-0.3, -0.25) is 4.79 Å². The molecule has 3 atom stereocenters. The minimum absolute atomic E-state index is 0.000327. The summed E-state index contributed by atoms with van der Waals surface area (Å²) >= 11 is 0. The van der Waals surface area contributed by atoms with Crippen molar-refractivity contribution in [1.29, 1.82) is 0 Å². The summed E-state index contributed by atoms with van der Waals surface area (Å²) in [6.45, 7) is 4.66. The van der Waals surface area contributed by atoms with Crippen LogP contribution in [0.2, 0.25) is 0 Å². The normalized spacial score (nSPS) is 12.9. The van der Waals surface area contributed by atoms with Crippen LogP contribution in [-0.4, -0.2) is 61.8 Å². The molecule has 0 aliphatic carbocycles. The largest absolute Gasteiger partial charge is 0.504 e. The van der Waals surface area contributed by atoms with Crippen LogP contribution in [0.15, 0.2) is 60.7 Å². The van der Waals surface area contributed by atoms with E-state index in [2.05, 4.69) is 13.8 Å². The van der Waals surface area contributed by atoms with E-state index >= 15 is 0 Å². The third-order valence-electron chi connectivity index (χ3n) is 10.2. The molecule has 0 aliphatic rings. The van der Waals surface area contributed by atoms with E-state index in [-0.39, 0.29) is 54.0 Å². The highest BCUT2D eigenvalue weighted by atomic mass is 16.5. The SMILES string of the molecule is CC[C@H](C)CCCCCCCCCCC(=O)OC[C@H](Cc1ccc(O)c(OC)c1)[C@H](COC(=O)/C=C/c1ccc(O)c(OC)c1)Cc1ccc(O)c(OC)c1. The highest BCUT2D eigenvalue weighted by Gasteiger charge is 2.27. The molecule has 302 valence electrons. The molecule has 3 rings (SSSR count). The number of phenolic OH excluding ortho intramolecular Hbond substituents is 3. The van der Waals surface area contributed by atoms with Crippen LogP contribution in [0.1, 0.15) is 101 Å². The molecular weight excluding hydrogens is 700 g/mol. The molecule has 0 unspecified atom stereocenters. The van der Waals surface area contributed by atoms with Gasteiger partial charge in [0, 0.05) is 24.3 Å². The summed E-state index contributed by atoms with van der Waals surface area (Å²) in [7, 11) is 4.40. The van der Waals surface area contributed by atoms with Crippen LogP contribution in [-0.2, 0) is 31.9 Å². The smallest absolute Gasteiger partial charge is 0.330 e. The van der Waals surface area contributed by atoms with Gasteiger partial charge in [-0.05, 0) is 84.3 Å². The number of unbranched alkanes of at least 4 members (excludes halogenated alkanes) is 7. The first-order chi connectivity index (χ1) is 26.6. The number of benzene rings is 3. The quantitative estimate of drug-likeness (QED) is 0.0411. The van der Waals surface area contributed by atoms with Gasteiger partial charge >= 0.3 is 11.9 Å². The summed E-state index contributed by atoms with van der Waals surface area (Å²) in [4.78, 5) is 26.1. The Morgan fingerprint density at radius 2 is 1.11 bits per heavy atom. The van der Waals surface area contributed by atoms with Gasteiger partial charge in [-0.2, -0.15) is 0 Å². The standard InChI is InChI=1S/C45H62O10/c1-6-32(2)15-13-11-9-7-8-10-12-14-16-44(49)54-30-36(25-34-18-22-39(47)42(28-34)52-4)37(26-35-19-23-40(48)43(29-35)53-5)31-55-45(50)24-20-33-17-21-38(46)41(27-33)51-3/h17-24,27-29,32,36-37,46-48H,6-16,25-26,30-31H2,1-5H3/b24-20+/t32-,36-,37-/m0/s1. The topological polar surface area (TPSA) is 141 Å². The summed E-state index contributed by atoms with van der Waals surface area (Å²) in [6.07, 6.45) is 15.7. The maximum atomic E-state index is 13.0. The molecule has 0 aliphatic heterocycles. The summed E-state index contributed by atoms with van der Waals surface area (Å²) in [5.74, 6) is 0.240. The second kappa shape index (κ2) is 24.5. The Bertz CT molecular complexity index is 1630. The minimum atomic E-state index is -0.575. The fourth-order valence-corrected chi connectivity index (χ4v) is 6.53. The monoisotopic (exact) mass is 762 g/mol. The van der Waals surface area contributed by atoms with Gasteiger partial charge in [0.1, 0.15) is 0 Å². The zero-order valence-electron chi connectivity index (χ0n) is 33.4. The molecule has 3 N–H and O–H groups in total. The number of aromatic hydroxyl groups is 3. The number of phenols is 3. The van der Waals surface area contributed by atoms with Crippen LogP contribution >= 0.6 is 0 Å². The van der Waals surface area contributed by atoms with E-state index in [0.717, 1.165) is 36.3 Å². The van der Waals surface area contributed by atoms with E-state index in [4.69, 9.17) is 23.7 Å². The molecule has 0 amide bonds. The first kappa shape index (κ1) is 44.5. The van der Waals surface area contributed by atoms with Crippen LogP contribution < -0.4 is 14.2 Å². The zero-order chi connectivity index (χ0) is 40.0. The summed E-state index contributed by atoms with van der Waals surface area (Å²) in [5.41, 5.74) is 2.31. The van der Waals surface area contributed by atoms with Crippen molar-refractivity contribution in [3.05, 3.63) is 77.4 Å². The van der Waals surface area contributed by atoms with Crippen molar-refractivity contribution < 1.29 is 48.6 Å². The Balaban J connectivity index is 1.71.